The van der Waals surface area contributed by atoms with Crippen LogP contribution in [0, 0.1) is 5.92 Å². The molecule has 2 aliphatic rings. The standard InChI is InChI=1S/C20H33NO3S/c1-23-19(24-2)14-18-17(8-13-25-18)20(22)9-11-21(12-10-20)15-16-6-4-3-5-7-16/h8,13,16,19,22H,3-7,9-12,14-15H2,1-2H3. The molecule has 2 fully saturated rings. The minimum absolute atomic E-state index is 0.243. The van der Waals surface area contributed by atoms with Gasteiger partial charge < -0.3 is 19.5 Å². The monoisotopic (exact) mass is 367 g/mol. The summed E-state index contributed by atoms with van der Waals surface area (Å²) < 4.78 is 10.7. The highest BCUT2D eigenvalue weighted by Crippen LogP contribution is 2.38. The lowest BCUT2D eigenvalue weighted by Crippen LogP contribution is -2.44. The highest BCUT2D eigenvalue weighted by atomic mass is 32.1. The summed E-state index contributed by atoms with van der Waals surface area (Å²) in [5.74, 6) is 0.876. The van der Waals surface area contributed by atoms with Crippen LogP contribution >= 0.6 is 11.3 Å². The highest BCUT2D eigenvalue weighted by molar-refractivity contribution is 7.10. The SMILES string of the molecule is COC(Cc1sccc1C1(O)CCN(CC2CCCCC2)CC1)OC. The van der Waals surface area contributed by atoms with Gasteiger partial charge in [-0.15, -0.1) is 11.3 Å². The van der Waals surface area contributed by atoms with Crippen molar-refractivity contribution in [1.29, 1.82) is 0 Å². The number of hydrogen-bond donors (Lipinski definition) is 1. The van der Waals surface area contributed by atoms with Crippen LogP contribution in [0.1, 0.15) is 55.4 Å². The Morgan fingerprint density at radius 1 is 1.20 bits per heavy atom. The van der Waals surface area contributed by atoms with E-state index in [0.29, 0.717) is 6.42 Å². The van der Waals surface area contributed by atoms with Crippen molar-refractivity contribution in [2.24, 2.45) is 5.92 Å². The summed E-state index contributed by atoms with van der Waals surface area (Å²) in [6, 6.07) is 2.10. The number of thiophene rings is 1. The van der Waals surface area contributed by atoms with Crippen LogP contribution in [0.3, 0.4) is 0 Å². The fraction of sp³-hybridized carbons (Fsp3) is 0.800. The van der Waals surface area contributed by atoms with E-state index >= 15 is 0 Å². The zero-order chi connectivity index (χ0) is 17.7. The maximum Gasteiger partial charge on any atom is 0.161 e. The Hall–Kier alpha value is -0.460. The van der Waals surface area contributed by atoms with Gasteiger partial charge in [-0.2, -0.15) is 0 Å². The maximum atomic E-state index is 11.3. The molecule has 0 bridgehead atoms. The van der Waals surface area contributed by atoms with E-state index in [2.05, 4.69) is 16.3 Å². The van der Waals surface area contributed by atoms with Gasteiger partial charge in [0.05, 0.1) is 5.60 Å². The molecule has 1 saturated carbocycles. The molecule has 25 heavy (non-hydrogen) atoms. The molecule has 0 amide bonds. The van der Waals surface area contributed by atoms with Gasteiger partial charge in [-0.05, 0) is 48.6 Å². The topological polar surface area (TPSA) is 41.9 Å². The number of rotatable bonds is 7. The molecule has 142 valence electrons. The molecule has 0 radical (unpaired) electrons. The Morgan fingerprint density at radius 2 is 1.88 bits per heavy atom. The van der Waals surface area contributed by atoms with Crippen molar-refractivity contribution < 1.29 is 14.6 Å². The second-order valence-electron chi connectivity index (χ2n) is 7.70. The summed E-state index contributed by atoms with van der Waals surface area (Å²) in [6.45, 7) is 3.22. The molecule has 1 aromatic rings. The van der Waals surface area contributed by atoms with E-state index in [1.807, 2.05) is 0 Å². The second kappa shape index (κ2) is 8.96. The molecule has 3 rings (SSSR count). The molecule has 4 nitrogen and oxygen atoms in total. The minimum atomic E-state index is -0.690. The van der Waals surface area contributed by atoms with Crippen LogP contribution in [0.4, 0.5) is 0 Å². The molecule has 1 N–H and O–H groups in total. The molecule has 0 spiro atoms. The van der Waals surface area contributed by atoms with Crippen LogP contribution in [0.25, 0.3) is 0 Å². The van der Waals surface area contributed by atoms with Crippen LogP contribution in [0.5, 0.6) is 0 Å². The largest absolute Gasteiger partial charge is 0.385 e. The number of aliphatic hydroxyl groups is 1. The van der Waals surface area contributed by atoms with E-state index < -0.39 is 5.60 Å². The summed E-state index contributed by atoms with van der Waals surface area (Å²) in [6.07, 6.45) is 9.13. The Labute approximate surface area is 156 Å². The number of piperidine rings is 1. The predicted molar refractivity (Wildman–Crippen MR) is 102 cm³/mol. The Kier molecular flexibility index (Phi) is 6.92. The fourth-order valence-corrected chi connectivity index (χ4v) is 5.42. The molecule has 1 saturated heterocycles. The molecule has 5 heteroatoms. The lowest BCUT2D eigenvalue weighted by Gasteiger charge is -2.40. The summed E-state index contributed by atoms with van der Waals surface area (Å²) in [5, 5.41) is 13.4. The van der Waals surface area contributed by atoms with Gasteiger partial charge in [0.25, 0.3) is 0 Å². The normalized spacial score (nSPS) is 22.6. The van der Waals surface area contributed by atoms with Gasteiger partial charge in [0.1, 0.15) is 0 Å². The highest BCUT2D eigenvalue weighted by Gasteiger charge is 2.37. The van der Waals surface area contributed by atoms with E-state index in [-0.39, 0.29) is 6.29 Å². The van der Waals surface area contributed by atoms with E-state index in [1.54, 1.807) is 25.6 Å². The second-order valence-corrected chi connectivity index (χ2v) is 8.70. The third-order valence-corrected chi connectivity index (χ3v) is 6.99. The summed E-state index contributed by atoms with van der Waals surface area (Å²) in [4.78, 5) is 3.76. The Bertz CT molecular complexity index is 515. The predicted octanol–water partition coefficient (Wildman–Crippen LogP) is 3.77. The van der Waals surface area contributed by atoms with Crippen molar-refractivity contribution in [2.45, 2.75) is 63.3 Å². The zero-order valence-corrected chi connectivity index (χ0v) is 16.5. The molecule has 1 aromatic heterocycles. The molecular weight excluding hydrogens is 334 g/mol. The first-order valence-corrected chi connectivity index (χ1v) is 10.6. The van der Waals surface area contributed by atoms with Crippen molar-refractivity contribution >= 4 is 11.3 Å². The van der Waals surface area contributed by atoms with Crippen molar-refractivity contribution in [3.05, 3.63) is 21.9 Å². The first-order valence-electron chi connectivity index (χ1n) is 9.72. The molecule has 1 aliphatic carbocycles. The smallest absolute Gasteiger partial charge is 0.161 e. The van der Waals surface area contributed by atoms with E-state index in [9.17, 15) is 5.11 Å². The number of methoxy groups -OCH3 is 2. The van der Waals surface area contributed by atoms with Crippen molar-refractivity contribution in [2.75, 3.05) is 33.9 Å². The molecule has 0 aromatic carbocycles. The first kappa shape index (κ1) is 19.3. The summed E-state index contributed by atoms with van der Waals surface area (Å²) in [5.41, 5.74) is 0.402. The van der Waals surface area contributed by atoms with Gasteiger partial charge in [0, 0.05) is 45.2 Å². The van der Waals surface area contributed by atoms with Gasteiger partial charge in [-0.25, -0.2) is 0 Å². The van der Waals surface area contributed by atoms with Crippen LogP contribution in [-0.2, 0) is 21.5 Å². The van der Waals surface area contributed by atoms with Crippen LogP contribution in [0.2, 0.25) is 0 Å². The third-order valence-electron chi connectivity index (χ3n) is 6.05. The third kappa shape index (κ3) is 4.83. The lowest BCUT2D eigenvalue weighted by molar-refractivity contribution is -0.101. The Balaban J connectivity index is 1.58. The van der Waals surface area contributed by atoms with Crippen LogP contribution < -0.4 is 0 Å². The van der Waals surface area contributed by atoms with E-state index in [4.69, 9.17) is 9.47 Å². The lowest BCUT2D eigenvalue weighted by atomic mass is 9.83. The molecule has 0 unspecified atom stereocenters. The van der Waals surface area contributed by atoms with E-state index in [0.717, 1.165) is 37.4 Å². The van der Waals surface area contributed by atoms with Crippen LogP contribution in [0.15, 0.2) is 11.4 Å². The van der Waals surface area contributed by atoms with Crippen molar-refractivity contribution in [3.63, 3.8) is 0 Å². The van der Waals surface area contributed by atoms with Crippen molar-refractivity contribution in [3.8, 4) is 0 Å². The number of ether oxygens (including phenoxy) is 2. The average Bonchev–Trinajstić information content (AvgIpc) is 3.12. The van der Waals surface area contributed by atoms with Crippen LogP contribution in [-0.4, -0.2) is 50.2 Å². The number of hydrogen-bond acceptors (Lipinski definition) is 5. The van der Waals surface area contributed by atoms with Gasteiger partial charge in [0.2, 0.25) is 0 Å². The number of likely N-dealkylation sites (tertiary alicyclic amines) is 1. The van der Waals surface area contributed by atoms with E-state index in [1.165, 1.54) is 43.5 Å². The average molecular weight is 368 g/mol. The quantitative estimate of drug-likeness (QED) is 0.745. The maximum absolute atomic E-state index is 11.3. The zero-order valence-electron chi connectivity index (χ0n) is 15.7. The minimum Gasteiger partial charge on any atom is -0.385 e. The molecule has 2 heterocycles. The van der Waals surface area contributed by atoms with Crippen molar-refractivity contribution in [1.82, 2.24) is 4.90 Å². The summed E-state index contributed by atoms with van der Waals surface area (Å²) >= 11 is 1.70. The van der Waals surface area contributed by atoms with Gasteiger partial charge in [0.15, 0.2) is 6.29 Å². The molecule has 1 aliphatic heterocycles. The Morgan fingerprint density at radius 3 is 2.52 bits per heavy atom. The molecular formula is C20H33NO3S. The van der Waals surface area contributed by atoms with Gasteiger partial charge in [-0.1, -0.05) is 19.3 Å². The fourth-order valence-electron chi connectivity index (χ4n) is 4.44. The summed E-state index contributed by atoms with van der Waals surface area (Å²) in [7, 11) is 3.33. The van der Waals surface area contributed by atoms with Gasteiger partial charge in [-0.3, -0.25) is 0 Å². The van der Waals surface area contributed by atoms with Gasteiger partial charge >= 0.3 is 0 Å². The molecule has 0 atom stereocenters. The first-order chi connectivity index (χ1) is 12.1. The number of nitrogens with zero attached hydrogens (tertiary/aromatic N) is 1.